The Morgan fingerprint density at radius 1 is 1.00 bits per heavy atom. The maximum atomic E-state index is 12.5. The van der Waals surface area contributed by atoms with E-state index in [0.29, 0.717) is 37.3 Å². The van der Waals surface area contributed by atoms with Gasteiger partial charge in [-0.05, 0) is 50.1 Å². The first kappa shape index (κ1) is 19.2. The first-order valence-corrected chi connectivity index (χ1v) is 8.10. The van der Waals surface area contributed by atoms with E-state index < -0.39 is 0 Å². The van der Waals surface area contributed by atoms with E-state index in [0.717, 1.165) is 0 Å². The standard InChI is InChI=1S/C18H29N3O2/c1-6-21(7-2)17(23)15-10-8-14(9-11-15)16(22)20(5)13-18(3,4)12-19/h8-11H,6-7,12-13,19H2,1-5H3. The van der Waals surface area contributed by atoms with Crippen LogP contribution >= 0.6 is 0 Å². The fourth-order valence-electron chi connectivity index (χ4n) is 2.45. The molecule has 128 valence electrons. The molecule has 1 rings (SSSR count). The molecule has 0 unspecified atom stereocenters. The van der Waals surface area contributed by atoms with Crippen LogP contribution in [0.25, 0.3) is 0 Å². The number of nitrogens with zero attached hydrogens (tertiary/aromatic N) is 2. The molecule has 0 spiro atoms. The minimum Gasteiger partial charge on any atom is -0.341 e. The lowest BCUT2D eigenvalue weighted by Crippen LogP contribution is -2.39. The quantitative estimate of drug-likeness (QED) is 0.838. The zero-order valence-corrected chi connectivity index (χ0v) is 14.9. The van der Waals surface area contributed by atoms with Crippen LogP contribution < -0.4 is 5.73 Å². The third-order valence-corrected chi connectivity index (χ3v) is 3.99. The average molecular weight is 319 g/mol. The molecule has 5 nitrogen and oxygen atoms in total. The lowest BCUT2D eigenvalue weighted by Gasteiger charge is -2.29. The van der Waals surface area contributed by atoms with Crippen LogP contribution in [0.1, 0.15) is 48.4 Å². The van der Waals surface area contributed by atoms with Gasteiger partial charge in [0.15, 0.2) is 0 Å². The molecule has 0 saturated heterocycles. The number of benzene rings is 1. The Morgan fingerprint density at radius 2 is 1.43 bits per heavy atom. The molecule has 0 saturated carbocycles. The fraction of sp³-hybridized carbons (Fsp3) is 0.556. The molecule has 0 radical (unpaired) electrons. The number of carbonyl (C=O) groups excluding carboxylic acids is 2. The normalized spacial score (nSPS) is 11.2. The van der Waals surface area contributed by atoms with Crippen molar-refractivity contribution in [3.63, 3.8) is 0 Å². The van der Waals surface area contributed by atoms with Gasteiger partial charge in [0.25, 0.3) is 11.8 Å². The van der Waals surface area contributed by atoms with Gasteiger partial charge in [0.1, 0.15) is 0 Å². The van der Waals surface area contributed by atoms with Crippen molar-refractivity contribution in [1.29, 1.82) is 0 Å². The van der Waals surface area contributed by atoms with Crippen molar-refractivity contribution in [2.45, 2.75) is 27.7 Å². The molecule has 1 aromatic rings. The minimum atomic E-state index is -0.122. The maximum absolute atomic E-state index is 12.5. The molecular weight excluding hydrogens is 290 g/mol. The minimum absolute atomic E-state index is 0.00776. The zero-order chi connectivity index (χ0) is 17.6. The number of rotatable bonds is 7. The van der Waals surface area contributed by atoms with Gasteiger partial charge in [0.2, 0.25) is 0 Å². The van der Waals surface area contributed by atoms with Crippen LogP contribution in [0.2, 0.25) is 0 Å². The first-order chi connectivity index (χ1) is 10.8. The average Bonchev–Trinajstić information content (AvgIpc) is 2.55. The van der Waals surface area contributed by atoms with Crippen LogP contribution in [0.15, 0.2) is 24.3 Å². The van der Waals surface area contributed by atoms with Crippen LogP contribution in [-0.2, 0) is 0 Å². The van der Waals surface area contributed by atoms with Crippen LogP contribution in [-0.4, -0.2) is 54.8 Å². The smallest absolute Gasteiger partial charge is 0.253 e. The fourth-order valence-corrected chi connectivity index (χ4v) is 2.45. The van der Waals surface area contributed by atoms with Crippen molar-refractivity contribution >= 4 is 11.8 Å². The monoisotopic (exact) mass is 319 g/mol. The van der Waals surface area contributed by atoms with E-state index in [4.69, 9.17) is 5.73 Å². The molecule has 2 N–H and O–H groups in total. The number of hydrogen-bond donors (Lipinski definition) is 1. The Bertz CT molecular complexity index is 534. The number of nitrogens with two attached hydrogens (primary N) is 1. The molecule has 2 amide bonds. The van der Waals surface area contributed by atoms with Crippen molar-refractivity contribution in [1.82, 2.24) is 9.80 Å². The van der Waals surface area contributed by atoms with E-state index in [2.05, 4.69) is 0 Å². The maximum Gasteiger partial charge on any atom is 0.253 e. The Labute approximate surface area is 139 Å². The second kappa shape index (κ2) is 8.11. The molecule has 0 fully saturated rings. The van der Waals surface area contributed by atoms with Crippen LogP contribution in [0.3, 0.4) is 0 Å². The van der Waals surface area contributed by atoms with Crippen LogP contribution in [0.5, 0.6) is 0 Å². The van der Waals surface area contributed by atoms with Gasteiger partial charge >= 0.3 is 0 Å². The Balaban J connectivity index is 2.84. The summed E-state index contributed by atoms with van der Waals surface area (Å²) in [7, 11) is 1.77. The van der Waals surface area contributed by atoms with E-state index in [1.165, 1.54) is 0 Å². The summed E-state index contributed by atoms with van der Waals surface area (Å²) in [6.45, 7) is 10.4. The zero-order valence-electron chi connectivity index (χ0n) is 14.9. The summed E-state index contributed by atoms with van der Waals surface area (Å²) in [5.74, 6) is -0.0695. The van der Waals surface area contributed by atoms with Gasteiger partial charge in [0.05, 0.1) is 0 Å². The van der Waals surface area contributed by atoms with Gasteiger partial charge in [-0.25, -0.2) is 0 Å². The molecule has 1 aromatic carbocycles. The van der Waals surface area contributed by atoms with Gasteiger partial charge in [-0.2, -0.15) is 0 Å². The topological polar surface area (TPSA) is 66.6 Å². The van der Waals surface area contributed by atoms with Gasteiger partial charge in [-0.3, -0.25) is 9.59 Å². The molecule has 5 heteroatoms. The van der Waals surface area contributed by atoms with Gasteiger partial charge < -0.3 is 15.5 Å². The first-order valence-electron chi connectivity index (χ1n) is 8.10. The second-order valence-corrected chi connectivity index (χ2v) is 6.58. The van der Waals surface area contributed by atoms with E-state index in [9.17, 15) is 9.59 Å². The molecule has 0 aliphatic carbocycles. The highest BCUT2D eigenvalue weighted by Crippen LogP contribution is 2.16. The Morgan fingerprint density at radius 3 is 1.83 bits per heavy atom. The van der Waals surface area contributed by atoms with Crippen molar-refractivity contribution in [3.8, 4) is 0 Å². The van der Waals surface area contributed by atoms with Crippen molar-refractivity contribution in [3.05, 3.63) is 35.4 Å². The molecule has 23 heavy (non-hydrogen) atoms. The molecule has 0 aromatic heterocycles. The summed E-state index contributed by atoms with van der Waals surface area (Å²) in [5.41, 5.74) is 6.79. The lowest BCUT2D eigenvalue weighted by molar-refractivity contribution is 0.0737. The third kappa shape index (κ3) is 5.06. The molecule has 0 atom stereocenters. The number of carbonyl (C=O) groups is 2. The highest BCUT2D eigenvalue weighted by atomic mass is 16.2. The van der Waals surface area contributed by atoms with E-state index in [1.807, 2.05) is 27.7 Å². The van der Waals surface area contributed by atoms with Crippen molar-refractivity contribution in [2.75, 3.05) is 33.2 Å². The summed E-state index contributed by atoms with van der Waals surface area (Å²) >= 11 is 0. The SMILES string of the molecule is CCN(CC)C(=O)c1ccc(C(=O)N(C)CC(C)(C)CN)cc1. The largest absolute Gasteiger partial charge is 0.341 e. The lowest BCUT2D eigenvalue weighted by atomic mass is 9.93. The van der Waals surface area contributed by atoms with Crippen molar-refractivity contribution < 1.29 is 9.59 Å². The predicted octanol–water partition coefficient (Wildman–Crippen LogP) is 2.23. The van der Waals surface area contributed by atoms with E-state index in [-0.39, 0.29) is 17.2 Å². The number of amides is 2. The van der Waals surface area contributed by atoms with Gasteiger partial charge in [-0.15, -0.1) is 0 Å². The number of hydrogen-bond acceptors (Lipinski definition) is 3. The van der Waals surface area contributed by atoms with Crippen LogP contribution in [0, 0.1) is 5.41 Å². The summed E-state index contributed by atoms with van der Waals surface area (Å²) in [6, 6.07) is 6.86. The third-order valence-electron chi connectivity index (χ3n) is 3.99. The Kier molecular flexibility index (Phi) is 6.76. The highest BCUT2D eigenvalue weighted by molar-refractivity contribution is 5.97. The molecule has 0 aliphatic rings. The molecule has 0 heterocycles. The van der Waals surface area contributed by atoms with Gasteiger partial charge in [-0.1, -0.05) is 13.8 Å². The van der Waals surface area contributed by atoms with Crippen LogP contribution in [0.4, 0.5) is 0 Å². The van der Waals surface area contributed by atoms with E-state index in [1.54, 1.807) is 41.1 Å². The summed E-state index contributed by atoms with van der Waals surface area (Å²) < 4.78 is 0. The molecule has 0 bridgehead atoms. The van der Waals surface area contributed by atoms with Gasteiger partial charge in [0, 0.05) is 37.8 Å². The Hall–Kier alpha value is -1.88. The molecule has 0 aliphatic heterocycles. The summed E-state index contributed by atoms with van der Waals surface area (Å²) in [6.07, 6.45) is 0. The van der Waals surface area contributed by atoms with Crippen molar-refractivity contribution in [2.24, 2.45) is 11.1 Å². The summed E-state index contributed by atoms with van der Waals surface area (Å²) in [4.78, 5) is 28.2. The predicted molar refractivity (Wildman–Crippen MR) is 93.5 cm³/mol. The summed E-state index contributed by atoms with van der Waals surface area (Å²) in [5, 5.41) is 0. The second-order valence-electron chi connectivity index (χ2n) is 6.58. The molecular formula is C18H29N3O2. The highest BCUT2D eigenvalue weighted by Gasteiger charge is 2.22. The van der Waals surface area contributed by atoms with E-state index >= 15 is 0 Å².